The number of hydrogen-bond acceptors (Lipinski definition) is 4. The third kappa shape index (κ3) is 3.68. The molecule has 0 aliphatic carbocycles. The largest absolute Gasteiger partial charge is 0.390 e. The SMILES string of the molecule is NCC(O)CN1CCN(c2cccc(Br)c2)CC1. The third-order valence-electron chi connectivity index (χ3n) is 3.29. The fourth-order valence-electron chi connectivity index (χ4n) is 2.23. The third-order valence-corrected chi connectivity index (χ3v) is 3.78. The maximum atomic E-state index is 9.54. The standard InChI is InChI=1S/C13H20BrN3O/c14-11-2-1-3-12(8-11)17-6-4-16(5-7-17)10-13(18)9-15/h1-3,8,13,18H,4-7,9-10,15H2. The second kappa shape index (κ2) is 6.52. The highest BCUT2D eigenvalue weighted by Crippen LogP contribution is 2.21. The number of hydrogen-bond donors (Lipinski definition) is 2. The summed E-state index contributed by atoms with van der Waals surface area (Å²) in [4.78, 5) is 4.64. The molecule has 5 heteroatoms. The molecule has 2 rings (SSSR count). The van der Waals surface area contributed by atoms with Crippen LogP contribution in [0.15, 0.2) is 28.7 Å². The number of benzene rings is 1. The molecule has 1 aromatic carbocycles. The van der Waals surface area contributed by atoms with Crippen LogP contribution in [-0.4, -0.2) is 55.4 Å². The van der Waals surface area contributed by atoms with E-state index in [-0.39, 0.29) is 0 Å². The number of aliphatic hydroxyl groups excluding tert-OH is 1. The summed E-state index contributed by atoms with van der Waals surface area (Å²) in [6, 6.07) is 8.38. The van der Waals surface area contributed by atoms with Crippen molar-refractivity contribution in [2.45, 2.75) is 6.10 Å². The molecule has 1 saturated heterocycles. The van der Waals surface area contributed by atoms with Crippen LogP contribution in [0.4, 0.5) is 5.69 Å². The van der Waals surface area contributed by atoms with Gasteiger partial charge in [0.25, 0.3) is 0 Å². The van der Waals surface area contributed by atoms with Crippen molar-refractivity contribution in [3.63, 3.8) is 0 Å². The molecule has 0 saturated carbocycles. The number of nitrogens with zero attached hydrogens (tertiary/aromatic N) is 2. The molecule has 1 aliphatic heterocycles. The normalized spacial score (nSPS) is 18.9. The molecule has 0 bridgehead atoms. The van der Waals surface area contributed by atoms with Crippen molar-refractivity contribution in [3.05, 3.63) is 28.7 Å². The van der Waals surface area contributed by atoms with Gasteiger partial charge in [0.1, 0.15) is 0 Å². The van der Waals surface area contributed by atoms with Crippen molar-refractivity contribution in [2.24, 2.45) is 5.73 Å². The first-order valence-electron chi connectivity index (χ1n) is 6.30. The first-order valence-corrected chi connectivity index (χ1v) is 7.09. The minimum absolute atomic E-state index is 0.339. The van der Waals surface area contributed by atoms with Gasteiger partial charge in [-0.3, -0.25) is 4.90 Å². The maximum Gasteiger partial charge on any atom is 0.0789 e. The summed E-state index contributed by atoms with van der Waals surface area (Å²) in [6.07, 6.45) is -0.401. The number of aliphatic hydroxyl groups is 1. The molecule has 1 fully saturated rings. The van der Waals surface area contributed by atoms with Gasteiger partial charge in [0.15, 0.2) is 0 Å². The van der Waals surface area contributed by atoms with E-state index >= 15 is 0 Å². The second-order valence-electron chi connectivity index (χ2n) is 4.66. The van der Waals surface area contributed by atoms with Gasteiger partial charge in [-0.05, 0) is 18.2 Å². The Hall–Kier alpha value is -0.620. The van der Waals surface area contributed by atoms with Crippen LogP contribution < -0.4 is 10.6 Å². The number of piperazine rings is 1. The Morgan fingerprint density at radius 3 is 2.61 bits per heavy atom. The highest BCUT2D eigenvalue weighted by molar-refractivity contribution is 9.10. The van der Waals surface area contributed by atoms with Crippen LogP contribution >= 0.6 is 15.9 Å². The highest BCUT2D eigenvalue weighted by atomic mass is 79.9. The van der Waals surface area contributed by atoms with Gasteiger partial charge in [-0.15, -0.1) is 0 Å². The molecule has 0 aromatic heterocycles. The van der Waals surface area contributed by atoms with Crippen molar-refractivity contribution in [1.82, 2.24) is 4.90 Å². The quantitative estimate of drug-likeness (QED) is 0.867. The Morgan fingerprint density at radius 1 is 1.28 bits per heavy atom. The predicted molar refractivity (Wildman–Crippen MR) is 77.9 cm³/mol. The zero-order valence-corrected chi connectivity index (χ0v) is 12.0. The average Bonchev–Trinajstić information content (AvgIpc) is 2.39. The van der Waals surface area contributed by atoms with Gasteiger partial charge in [-0.1, -0.05) is 22.0 Å². The van der Waals surface area contributed by atoms with E-state index in [4.69, 9.17) is 5.73 Å². The van der Waals surface area contributed by atoms with Crippen LogP contribution in [0.3, 0.4) is 0 Å². The van der Waals surface area contributed by atoms with Gasteiger partial charge in [0.05, 0.1) is 6.10 Å². The summed E-state index contributed by atoms with van der Waals surface area (Å²) >= 11 is 3.50. The lowest BCUT2D eigenvalue weighted by Gasteiger charge is -2.36. The Bertz CT molecular complexity index is 380. The van der Waals surface area contributed by atoms with Crippen LogP contribution in [0.2, 0.25) is 0 Å². The second-order valence-corrected chi connectivity index (χ2v) is 5.57. The van der Waals surface area contributed by atoms with E-state index in [1.54, 1.807) is 0 Å². The van der Waals surface area contributed by atoms with E-state index in [0.29, 0.717) is 13.1 Å². The monoisotopic (exact) mass is 313 g/mol. The van der Waals surface area contributed by atoms with Gasteiger partial charge in [0, 0.05) is 49.4 Å². The van der Waals surface area contributed by atoms with E-state index in [1.807, 2.05) is 6.07 Å². The summed E-state index contributed by atoms with van der Waals surface area (Å²) in [7, 11) is 0. The summed E-state index contributed by atoms with van der Waals surface area (Å²) in [5.41, 5.74) is 6.69. The van der Waals surface area contributed by atoms with Crippen LogP contribution in [0.25, 0.3) is 0 Å². The molecular formula is C13H20BrN3O. The summed E-state index contributed by atoms with van der Waals surface area (Å²) in [5, 5.41) is 9.54. The Kier molecular flexibility index (Phi) is 5.00. The number of rotatable bonds is 4. The number of β-amino-alcohol motifs (C(OH)–C–C–N with tert-alkyl or cyclic N) is 1. The maximum absolute atomic E-state index is 9.54. The average molecular weight is 314 g/mol. The topological polar surface area (TPSA) is 52.7 Å². The zero-order chi connectivity index (χ0) is 13.0. The fraction of sp³-hybridized carbons (Fsp3) is 0.538. The molecule has 3 N–H and O–H groups in total. The minimum Gasteiger partial charge on any atom is -0.390 e. The number of anilines is 1. The van der Waals surface area contributed by atoms with Crippen molar-refractivity contribution < 1.29 is 5.11 Å². The highest BCUT2D eigenvalue weighted by Gasteiger charge is 2.18. The molecule has 4 nitrogen and oxygen atoms in total. The molecule has 18 heavy (non-hydrogen) atoms. The van der Waals surface area contributed by atoms with Crippen LogP contribution in [0.5, 0.6) is 0 Å². The smallest absolute Gasteiger partial charge is 0.0789 e. The summed E-state index contributed by atoms with van der Waals surface area (Å²) in [5.74, 6) is 0. The Morgan fingerprint density at radius 2 is 2.00 bits per heavy atom. The molecule has 1 unspecified atom stereocenters. The van der Waals surface area contributed by atoms with Crippen LogP contribution in [-0.2, 0) is 0 Å². The summed E-state index contributed by atoms with van der Waals surface area (Å²) in [6.45, 7) is 4.96. The molecule has 1 heterocycles. The van der Waals surface area contributed by atoms with Gasteiger partial charge in [-0.25, -0.2) is 0 Å². The van der Waals surface area contributed by atoms with E-state index in [9.17, 15) is 5.11 Å². The Balaban J connectivity index is 1.87. The van der Waals surface area contributed by atoms with Crippen LogP contribution in [0.1, 0.15) is 0 Å². The van der Waals surface area contributed by atoms with E-state index in [0.717, 1.165) is 30.7 Å². The molecule has 1 atom stereocenters. The van der Waals surface area contributed by atoms with Gasteiger partial charge in [0.2, 0.25) is 0 Å². The molecule has 0 amide bonds. The molecule has 1 aliphatic rings. The van der Waals surface area contributed by atoms with E-state index in [2.05, 4.69) is 43.9 Å². The molecular weight excluding hydrogens is 294 g/mol. The number of nitrogens with two attached hydrogens (primary N) is 1. The molecule has 100 valence electrons. The summed E-state index contributed by atoms with van der Waals surface area (Å²) < 4.78 is 1.11. The minimum atomic E-state index is -0.401. The van der Waals surface area contributed by atoms with Crippen molar-refractivity contribution in [1.29, 1.82) is 0 Å². The first-order chi connectivity index (χ1) is 8.69. The lowest BCUT2D eigenvalue weighted by molar-refractivity contribution is 0.115. The van der Waals surface area contributed by atoms with Crippen LogP contribution in [0, 0.1) is 0 Å². The number of halogens is 1. The van der Waals surface area contributed by atoms with Gasteiger partial charge < -0.3 is 15.7 Å². The fourth-order valence-corrected chi connectivity index (χ4v) is 2.62. The lowest BCUT2D eigenvalue weighted by atomic mass is 10.2. The predicted octanol–water partition coefficient (Wildman–Crippen LogP) is 0.891. The van der Waals surface area contributed by atoms with Crippen molar-refractivity contribution >= 4 is 21.6 Å². The van der Waals surface area contributed by atoms with Crippen molar-refractivity contribution in [3.8, 4) is 0 Å². The van der Waals surface area contributed by atoms with E-state index < -0.39 is 6.10 Å². The molecule has 1 aromatic rings. The molecule has 0 spiro atoms. The van der Waals surface area contributed by atoms with Gasteiger partial charge >= 0.3 is 0 Å². The first kappa shape index (κ1) is 13.8. The molecule has 0 radical (unpaired) electrons. The zero-order valence-electron chi connectivity index (χ0n) is 10.4. The van der Waals surface area contributed by atoms with E-state index in [1.165, 1.54) is 5.69 Å². The Labute approximate surface area is 117 Å². The van der Waals surface area contributed by atoms with Gasteiger partial charge in [-0.2, -0.15) is 0 Å². The van der Waals surface area contributed by atoms with Crippen molar-refractivity contribution in [2.75, 3.05) is 44.2 Å². The lowest BCUT2D eigenvalue weighted by Crippen LogP contribution is -2.49.